The zero-order valence-electron chi connectivity index (χ0n) is 17.3. The number of thiazole rings is 1. The Morgan fingerprint density at radius 3 is 2.53 bits per heavy atom. The Hall–Kier alpha value is -3.26. The number of urea groups is 1. The van der Waals surface area contributed by atoms with Crippen molar-refractivity contribution in [1.29, 1.82) is 0 Å². The molecule has 0 atom stereocenters. The quantitative estimate of drug-likeness (QED) is 0.497. The summed E-state index contributed by atoms with van der Waals surface area (Å²) in [5.41, 5.74) is 7.69. The lowest BCUT2D eigenvalue weighted by Crippen LogP contribution is -2.38. The molecule has 4 aromatic rings. The number of nitrogens with zero attached hydrogens (tertiary/aromatic N) is 4. The molecule has 152 valence electrons. The highest BCUT2D eigenvalue weighted by atomic mass is 32.1. The number of hydrogen-bond acceptors (Lipinski definition) is 5. The summed E-state index contributed by atoms with van der Waals surface area (Å²) < 4.78 is 0. The minimum absolute atomic E-state index is 0.104. The van der Waals surface area contributed by atoms with E-state index in [1.165, 1.54) is 4.88 Å². The normalized spacial score (nSPS) is 13.6. The molecule has 0 spiro atoms. The first-order valence-electron chi connectivity index (χ1n) is 9.83. The molecule has 0 aliphatic carbocycles. The van der Waals surface area contributed by atoms with E-state index < -0.39 is 0 Å². The molecule has 2 N–H and O–H groups in total. The zero-order chi connectivity index (χ0) is 21.0. The van der Waals surface area contributed by atoms with Crippen molar-refractivity contribution in [3.8, 4) is 11.3 Å². The van der Waals surface area contributed by atoms with Gasteiger partial charge in [0.1, 0.15) is 10.7 Å². The summed E-state index contributed by atoms with van der Waals surface area (Å²) in [6.07, 6.45) is 0. The lowest BCUT2D eigenvalue weighted by molar-refractivity contribution is 0.204. The number of aromatic nitrogens is 4. The van der Waals surface area contributed by atoms with E-state index in [9.17, 15) is 4.79 Å². The second kappa shape index (κ2) is 6.91. The van der Waals surface area contributed by atoms with Crippen LogP contribution in [0.25, 0.3) is 22.2 Å². The Morgan fingerprint density at radius 2 is 1.83 bits per heavy atom. The van der Waals surface area contributed by atoms with Crippen LogP contribution in [0.2, 0.25) is 0 Å². The third-order valence-electron chi connectivity index (χ3n) is 5.43. The largest absolute Gasteiger partial charge is 0.322 e. The molecule has 0 fully saturated rings. The molecule has 30 heavy (non-hydrogen) atoms. The smallest absolute Gasteiger partial charge is 0.313 e. The van der Waals surface area contributed by atoms with Crippen LogP contribution in [0.4, 0.5) is 10.5 Å². The Balaban J connectivity index is 1.52. The maximum absolute atomic E-state index is 12.6. The summed E-state index contributed by atoms with van der Waals surface area (Å²) in [5.74, 6) is 0. The highest BCUT2D eigenvalue weighted by molar-refractivity contribution is 7.11. The number of nitrogens with one attached hydrogen (secondary N) is 2. The molecule has 1 aromatic carbocycles. The first-order valence-corrected chi connectivity index (χ1v) is 10.6. The molecule has 2 amide bonds. The standard InChI is InChI=1S/C22H22N6OS/c1-11-5-15(6-12(2)23-11)21-17-7-16-9-28(10-20-24-13(3)14(4)30-20)22(29)25-18(16)8-19(17)26-27-21/h5-8H,9-10H2,1-4H3,(H,25,29)(H,26,27). The number of aromatic amines is 1. The van der Waals surface area contributed by atoms with Gasteiger partial charge in [-0.25, -0.2) is 9.78 Å². The van der Waals surface area contributed by atoms with E-state index in [2.05, 4.69) is 38.5 Å². The number of H-pyrrole nitrogens is 1. The van der Waals surface area contributed by atoms with Crippen molar-refractivity contribution >= 4 is 34.0 Å². The van der Waals surface area contributed by atoms with Crippen LogP contribution in [0.1, 0.15) is 32.5 Å². The fourth-order valence-electron chi connectivity index (χ4n) is 3.92. The molecular weight excluding hydrogens is 396 g/mol. The van der Waals surface area contributed by atoms with Crippen LogP contribution in [0.15, 0.2) is 24.3 Å². The molecule has 3 aromatic heterocycles. The lowest BCUT2D eigenvalue weighted by Gasteiger charge is -2.28. The van der Waals surface area contributed by atoms with Crippen LogP contribution in [0.3, 0.4) is 0 Å². The van der Waals surface area contributed by atoms with Gasteiger partial charge in [0.2, 0.25) is 0 Å². The third kappa shape index (κ3) is 3.23. The molecule has 8 heteroatoms. The van der Waals surface area contributed by atoms with Gasteiger partial charge in [-0.05, 0) is 57.5 Å². The predicted octanol–water partition coefficient (Wildman–Crippen LogP) is 4.86. The minimum Gasteiger partial charge on any atom is -0.313 e. The van der Waals surface area contributed by atoms with Crippen LogP contribution in [-0.2, 0) is 13.1 Å². The van der Waals surface area contributed by atoms with E-state index in [1.807, 2.05) is 39.0 Å². The number of rotatable bonds is 3. The number of carbonyl (C=O) groups is 1. The lowest BCUT2D eigenvalue weighted by atomic mass is 10.0. The van der Waals surface area contributed by atoms with Gasteiger partial charge in [0.25, 0.3) is 0 Å². The van der Waals surface area contributed by atoms with Crippen molar-refractivity contribution in [2.45, 2.75) is 40.8 Å². The average molecular weight is 419 g/mol. The van der Waals surface area contributed by atoms with Crippen LogP contribution < -0.4 is 5.32 Å². The van der Waals surface area contributed by atoms with Gasteiger partial charge < -0.3 is 10.2 Å². The van der Waals surface area contributed by atoms with Gasteiger partial charge in [-0.2, -0.15) is 5.10 Å². The number of carbonyl (C=O) groups excluding carboxylic acids is 1. The van der Waals surface area contributed by atoms with Gasteiger partial charge in [0.05, 0.1) is 17.8 Å². The fourth-order valence-corrected chi connectivity index (χ4v) is 4.87. The van der Waals surface area contributed by atoms with Gasteiger partial charge in [0.15, 0.2) is 0 Å². The summed E-state index contributed by atoms with van der Waals surface area (Å²) in [6, 6.07) is 8.08. The minimum atomic E-state index is -0.104. The topological polar surface area (TPSA) is 86.8 Å². The SMILES string of the molecule is Cc1cc(-c2n[nH]c3cc4c(cc23)CN(Cc2nc(C)c(C)s2)C(=O)N4)cc(C)n1. The van der Waals surface area contributed by atoms with Gasteiger partial charge in [-0.3, -0.25) is 10.1 Å². The maximum atomic E-state index is 12.6. The molecule has 1 aliphatic rings. The van der Waals surface area contributed by atoms with E-state index >= 15 is 0 Å². The molecule has 0 saturated carbocycles. The molecular formula is C22H22N6OS. The molecule has 1 aliphatic heterocycles. The molecule has 7 nitrogen and oxygen atoms in total. The first-order chi connectivity index (χ1) is 14.4. The second-order valence-electron chi connectivity index (χ2n) is 7.80. The molecule has 0 unspecified atom stereocenters. The third-order valence-corrected chi connectivity index (χ3v) is 6.49. The number of anilines is 1. The molecule has 0 saturated heterocycles. The Morgan fingerprint density at radius 1 is 1.07 bits per heavy atom. The van der Waals surface area contributed by atoms with Crippen LogP contribution in [0, 0.1) is 27.7 Å². The monoisotopic (exact) mass is 418 g/mol. The number of pyridine rings is 1. The van der Waals surface area contributed by atoms with Crippen LogP contribution in [0.5, 0.6) is 0 Å². The van der Waals surface area contributed by atoms with Crippen molar-refractivity contribution in [2.24, 2.45) is 0 Å². The van der Waals surface area contributed by atoms with Gasteiger partial charge in [-0.1, -0.05) is 0 Å². The van der Waals surface area contributed by atoms with Crippen molar-refractivity contribution in [3.63, 3.8) is 0 Å². The summed E-state index contributed by atoms with van der Waals surface area (Å²) >= 11 is 1.64. The van der Waals surface area contributed by atoms with E-state index in [0.29, 0.717) is 13.1 Å². The number of fused-ring (bicyclic) bond motifs is 2. The summed E-state index contributed by atoms with van der Waals surface area (Å²) in [4.78, 5) is 24.7. The Kier molecular flexibility index (Phi) is 4.32. The van der Waals surface area contributed by atoms with Crippen molar-refractivity contribution in [1.82, 2.24) is 25.1 Å². The summed E-state index contributed by atoms with van der Waals surface area (Å²) in [6.45, 7) is 9.07. The Labute approximate surface area is 178 Å². The number of benzene rings is 1. The van der Waals surface area contributed by atoms with E-state index in [4.69, 9.17) is 0 Å². The predicted molar refractivity (Wildman–Crippen MR) is 119 cm³/mol. The van der Waals surface area contributed by atoms with Crippen molar-refractivity contribution < 1.29 is 4.79 Å². The molecule has 4 heterocycles. The van der Waals surface area contributed by atoms with Gasteiger partial charge in [0, 0.05) is 39.4 Å². The summed E-state index contributed by atoms with van der Waals surface area (Å²) in [7, 11) is 0. The second-order valence-corrected chi connectivity index (χ2v) is 9.09. The number of amides is 2. The van der Waals surface area contributed by atoms with Crippen LogP contribution >= 0.6 is 11.3 Å². The maximum Gasteiger partial charge on any atom is 0.322 e. The molecule has 5 rings (SSSR count). The van der Waals surface area contributed by atoms with Crippen molar-refractivity contribution in [2.75, 3.05) is 5.32 Å². The highest BCUT2D eigenvalue weighted by Crippen LogP contribution is 2.34. The number of hydrogen-bond donors (Lipinski definition) is 2. The zero-order valence-corrected chi connectivity index (χ0v) is 18.1. The van der Waals surface area contributed by atoms with E-state index in [1.54, 1.807) is 16.2 Å². The van der Waals surface area contributed by atoms with Crippen molar-refractivity contribution in [3.05, 3.63) is 56.8 Å². The van der Waals surface area contributed by atoms with E-state index in [-0.39, 0.29) is 6.03 Å². The Bertz CT molecular complexity index is 1260. The number of aryl methyl sites for hydroxylation is 4. The van der Waals surface area contributed by atoms with Gasteiger partial charge in [-0.15, -0.1) is 11.3 Å². The summed E-state index contributed by atoms with van der Waals surface area (Å²) in [5, 5.41) is 12.7. The van der Waals surface area contributed by atoms with Crippen LogP contribution in [-0.4, -0.2) is 31.1 Å². The first kappa shape index (κ1) is 18.7. The highest BCUT2D eigenvalue weighted by Gasteiger charge is 2.25. The molecule has 0 radical (unpaired) electrons. The average Bonchev–Trinajstić information content (AvgIpc) is 3.22. The molecule has 0 bridgehead atoms. The van der Waals surface area contributed by atoms with Gasteiger partial charge >= 0.3 is 6.03 Å². The van der Waals surface area contributed by atoms with E-state index in [0.717, 1.165) is 55.5 Å². The fraction of sp³-hybridized carbons (Fsp3) is 0.273.